The molecule has 4 nitrogen and oxygen atoms in total. The van der Waals surface area contributed by atoms with E-state index in [0.29, 0.717) is 43.7 Å². The summed E-state index contributed by atoms with van der Waals surface area (Å²) in [6.07, 6.45) is 3.39. The molecular weight excluding hydrogens is 397 g/mol. The molecule has 4 aromatic rings. The number of pyridine rings is 1. The summed E-state index contributed by atoms with van der Waals surface area (Å²) in [4.78, 5) is 15.9. The fraction of sp³-hybridized carbons (Fsp3) is 0. The van der Waals surface area contributed by atoms with Gasteiger partial charge >= 0.3 is 0 Å². The van der Waals surface area contributed by atoms with Crippen molar-refractivity contribution in [2.24, 2.45) is 0 Å². The maximum absolute atomic E-state index is 11.5. The van der Waals surface area contributed by atoms with Crippen molar-refractivity contribution >= 4 is 52.2 Å². The van der Waals surface area contributed by atoms with Crippen LogP contribution in [0.5, 0.6) is 0 Å². The van der Waals surface area contributed by atoms with Crippen molar-refractivity contribution in [3.63, 3.8) is 0 Å². The molecule has 28 heavy (non-hydrogen) atoms. The predicted molar refractivity (Wildman–Crippen MR) is 109 cm³/mol. The van der Waals surface area contributed by atoms with E-state index in [1.807, 2.05) is 6.07 Å². The second-order valence-corrected chi connectivity index (χ2v) is 6.82. The van der Waals surface area contributed by atoms with Gasteiger partial charge < -0.3 is 14.3 Å². The Kier molecular flexibility index (Phi) is 4.90. The number of fused-ring (bicyclic) bond motifs is 1. The Balaban J connectivity index is 1.68. The Morgan fingerprint density at radius 3 is 2.64 bits per heavy atom. The molecule has 0 saturated heterocycles. The van der Waals surface area contributed by atoms with Gasteiger partial charge in [0.05, 0.1) is 27.2 Å². The van der Waals surface area contributed by atoms with Gasteiger partial charge in [-0.2, -0.15) is 0 Å². The number of aromatic carboxylic acids is 1. The summed E-state index contributed by atoms with van der Waals surface area (Å²) in [5, 5.41) is 12.9. The van der Waals surface area contributed by atoms with E-state index in [1.54, 1.807) is 60.7 Å². The topological polar surface area (TPSA) is 66.2 Å². The van der Waals surface area contributed by atoms with Crippen LogP contribution in [0.15, 0.2) is 65.1 Å². The first-order chi connectivity index (χ1) is 13.5. The minimum Gasteiger partial charge on any atom is -0.545 e. The van der Waals surface area contributed by atoms with Crippen molar-refractivity contribution in [2.75, 3.05) is 0 Å². The number of hydrogen-bond acceptors (Lipinski definition) is 4. The van der Waals surface area contributed by atoms with E-state index >= 15 is 0 Å². The molecule has 0 spiro atoms. The third kappa shape index (κ3) is 3.52. The molecular formula is C22H12Cl2NO3-. The molecule has 0 atom stereocenters. The highest BCUT2D eigenvalue weighted by Crippen LogP contribution is 2.34. The average molecular weight is 409 g/mol. The van der Waals surface area contributed by atoms with Crippen LogP contribution in [-0.2, 0) is 0 Å². The van der Waals surface area contributed by atoms with E-state index in [-0.39, 0.29) is 5.56 Å². The number of nitrogens with zero attached hydrogens (tertiary/aromatic N) is 1. The Morgan fingerprint density at radius 2 is 1.82 bits per heavy atom. The number of carbonyl (C=O) groups excluding carboxylic acids is 1. The quantitative estimate of drug-likeness (QED) is 0.457. The van der Waals surface area contributed by atoms with E-state index in [1.165, 1.54) is 6.07 Å². The van der Waals surface area contributed by atoms with Gasteiger partial charge in [-0.25, -0.2) is 4.98 Å². The molecule has 0 aliphatic heterocycles. The first-order valence-electron chi connectivity index (χ1n) is 8.36. The summed E-state index contributed by atoms with van der Waals surface area (Å²) < 4.78 is 5.81. The van der Waals surface area contributed by atoms with E-state index in [4.69, 9.17) is 27.6 Å². The first kappa shape index (κ1) is 18.3. The van der Waals surface area contributed by atoms with Crippen LogP contribution in [0.25, 0.3) is 34.4 Å². The van der Waals surface area contributed by atoms with Crippen molar-refractivity contribution in [2.45, 2.75) is 0 Å². The summed E-state index contributed by atoms with van der Waals surface area (Å²) >= 11 is 12.3. The Bertz CT molecular complexity index is 1230. The molecule has 138 valence electrons. The second-order valence-electron chi connectivity index (χ2n) is 6.04. The normalized spacial score (nSPS) is 11.4. The van der Waals surface area contributed by atoms with Crippen LogP contribution < -0.4 is 5.11 Å². The summed E-state index contributed by atoms with van der Waals surface area (Å²) in [5.74, 6) is -0.103. The number of rotatable bonds is 4. The fourth-order valence-electron chi connectivity index (χ4n) is 2.90. The lowest BCUT2D eigenvalue weighted by Crippen LogP contribution is -2.22. The number of halogens is 2. The van der Waals surface area contributed by atoms with Gasteiger partial charge in [0.2, 0.25) is 0 Å². The number of carboxylic acid groups (broad SMARTS) is 1. The fourth-order valence-corrected chi connectivity index (χ4v) is 3.29. The summed E-state index contributed by atoms with van der Waals surface area (Å²) in [6.45, 7) is 0. The van der Waals surface area contributed by atoms with Crippen LogP contribution in [0.3, 0.4) is 0 Å². The molecule has 2 heterocycles. The molecule has 0 radical (unpaired) electrons. The van der Waals surface area contributed by atoms with Crippen LogP contribution in [0, 0.1) is 0 Å². The van der Waals surface area contributed by atoms with E-state index in [0.717, 1.165) is 0 Å². The summed E-state index contributed by atoms with van der Waals surface area (Å²) in [5.41, 5.74) is 1.85. The lowest BCUT2D eigenvalue weighted by Gasteiger charge is -2.08. The molecule has 0 aliphatic carbocycles. The van der Waals surface area contributed by atoms with Crippen molar-refractivity contribution < 1.29 is 14.3 Å². The molecule has 2 aromatic heterocycles. The molecule has 4 rings (SSSR count). The van der Waals surface area contributed by atoms with Crippen LogP contribution >= 0.6 is 23.2 Å². The number of carboxylic acids is 1. The zero-order valence-electron chi connectivity index (χ0n) is 14.4. The maximum Gasteiger partial charge on any atom is 0.136 e. The molecule has 0 fully saturated rings. The summed E-state index contributed by atoms with van der Waals surface area (Å²) in [7, 11) is 0. The second kappa shape index (κ2) is 7.50. The third-order valence-corrected chi connectivity index (χ3v) is 5.04. The molecule has 0 bridgehead atoms. The van der Waals surface area contributed by atoms with Crippen molar-refractivity contribution in [1.29, 1.82) is 0 Å². The van der Waals surface area contributed by atoms with Crippen molar-refractivity contribution in [3.8, 4) is 11.3 Å². The molecule has 0 aliphatic rings. The average Bonchev–Trinajstić information content (AvgIpc) is 3.16. The zero-order valence-corrected chi connectivity index (χ0v) is 15.9. The number of para-hydroxylation sites is 1. The highest BCUT2D eigenvalue weighted by atomic mass is 35.5. The zero-order chi connectivity index (χ0) is 19.7. The van der Waals surface area contributed by atoms with Gasteiger partial charge in [0.15, 0.2) is 0 Å². The highest BCUT2D eigenvalue weighted by molar-refractivity contribution is 6.43. The van der Waals surface area contributed by atoms with Crippen molar-refractivity contribution in [1.82, 2.24) is 4.98 Å². The molecule has 0 unspecified atom stereocenters. The molecule has 6 heteroatoms. The minimum absolute atomic E-state index is 0.0936. The van der Waals surface area contributed by atoms with Crippen LogP contribution in [-0.4, -0.2) is 11.0 Å². The highest BCUT2D eigenvalue weighted by Gasteiger charge is 2.10. The van der Waals surface area contributed by atoms with Gasteiger partial charge in [-0.05, 0) is 48.6 Å². The van der Waals surface area contributed by atoms with Gasteiger partial charge in [0, 0.05) is 16.5 Å². The largest absolute Gasteiger partial charge is 0.545 e. The van der Waals surface area contributed by atoms with E-state index in [2.05, 4.69) is 4.98 Å². The predicted octanol–water partition coefficient (Wildman–Crippen LogP) is 5.34. The maximum atomic E-state index is 11.5. The lowest BCUT2D eigenvalue weighted by molar-refractivity contribution is -0.254. The van der Waals surface area contributed by atoms with E-state index < -0.39 is 5.97 Å². The van der Waals surface area contributed by atoms with Gasteiger partial charge in [-0.3, -0.25) is 0 Å². The van der Waals surface area contributed by atoms with Gasteiger partial charge in [0.1, 0.15) is 11.5 Å². The Morgan fingerprint density at radius 1 is 1.00 bits per heavy atom. The van der Waals surface area contributed by atoms with Crippen molar-refractivity contribution in [3.05, 3.63) is 87.7 Å². The molecule has 2 aromatic carbocycles. The summed E-state index contributed by atoms with van der Waals surface area (Å²) in [6, 6.07) is 17.4. The standard InChI is InChI=1S/C22H13Cl2NO3/c23-18-6-3-5-16(21(18)24)20-11-10-14(28-20)9-8-13-12-17(22(26)27)15-4-1-2-7-19(15)25-13/h1-12H,(H,26,27)/p-1/b9-8+. The number of carbonyl (C=O) groups is 1. The number of benzene rings is 2. The van der Waals surface area contributed by atoms with Crippen LogP contribution in [0.1, 0.15) is 21.8 Å². The van der Waals surface area contributed by atoms with Crippen LogP contribution in [0.4, 0.5) is 0 Å². The van der Waals surface area contributed by atoms with Gasteiger partial charge in [-0.1, -0.05) is 47.5 Å². The molecule has 0 N–H and O–H groups in total. The smallest absolute Gasteiger partial charge is 0.136 e. The number of aromatic nitrogens is 1. The lowest BCUT2D eigenvalue weighted by atomic mass is 10.1. The number of furan rings is 1. The Labute approximate surface area is 170 Å². The van der Waals surface area contributed by atoms with Crippen LogP contribution in [0.2, 0.25) is 10.0 Å². The van der Waals surface area contributed by atoms with Gasteiger partial charge in [0.25, 0.3) is 0 Å². The van der Waals surface area contributed by atoms with E-state index in [9.17, 15) is 9.90 Å². The number of hydrogen-bond donors (Lipinski definition) is 0. The monoisotopic (exact) mass is 408 g/mol. The SMILES string of the molecule is O=C([O-])c1cc(/C=C/c2ccc(-c3cccc(Cl)c3Cl)o2)nc2ccccc12. The first-order valence-corrected chi connectivity index (χ1v) is 9.12. The molecule has 0 amide bonds. The molecule has 0 saturated carbocycles. The third-order valence-electron chi connectivity index (χ3n) is 4.22. The minimum atomic E-state index is -1.25. The van der Waals surface area contributed by atoms with Gasteiger partial charge in [-0.15, -0.1) is 0 Å². The Hall–Kier alpha value is -3.08.